The van der Waals surface area contributed by atoms with Crippen molar-refractivity contribution in [2.24, 2.45) is 0 Å². The monoisotopic (exact) mass is 319 g/mol. The van der Waals surface area contributed by atoms with Gasteiger partial charge >= 0.3 is 5.97 Å². The van der Waals surface area contributed by atoms with Crippen LogP contribution in [0.3, 0.4) is 0 Å². The summed E-state index contributed by atoms with van der Waals surface area (Å²) < 4.78 is 5.39. The summed E-state index contributed by atoms with van der Waals surface area (Å²) in [5.41, 5.74) is 2.00. The summed E-state index contributed by atoms with van der Waals surface area (Å²) in [6.07, 6.45) is 4.77. The van der Waals surface area contributed by atoms with Gasteiger partial charge in [-0.3, -0.25) is 0 Å². The van der Waals surface area contributed by atoms with E-state index in [4.69, 9.17) is 11.2 Å². The van der Waals surface area contributed by atoms with Gasteiger partial charge in [-0.05, 0) is 0 Å². The average molecular weight is 319 g/mol. The predicted molar refractivity (Wildman–Crippen MR) is 91.0 cm³/mol. The van der Waals surface area contributed by atoms with E-state index in [0.717, 1.165) is 16.1 Å². The number of terminal acetylenes is 1. The Labute approximate surface area is 138 Å². The molecule has 0 saturated carbocycles. The first-order valence-corrected chi connectivity index (χ1v) is 7.89. The second-order valence-electron chi connectivity index (χ2n) is 4.77. The van der Waals surface area contributed by atoms with Crippen LogP contribution in [0.4, 0.5) is 0 Å². The lowest BCUT2D eigenvalue weighted by molar-refractivity contribution is 0.0402. The summed E-state index contributed by atoms with van der Waals surface area (Å²) in [6.45, 7) is 0. The van der Waals surface area contributed by atoms with Gasteiger partial charge in [-0.1, -0.05) is 66.6 Å². The van der Waals surface area contributed by atoms with Crippen molar-refractivity contribution < 1.29 is 9.53 Å². The van der Waals surface area contributed by atoms with Crippen molar-refractivity contribution in [1.82, 2.24) is 4.98 Å². The molecule has 0 spiro atoms. The number of hydrogen-bond donors (Lipinski definition) is 0. The number of benzene rings is 2. The Balaban J connectivity index is 1.76. The SMILES string of the molecule is C#C[C@H](OC(=O)c1csc(-c2ccccc2)n1)c1ccccc1. The maximum absolute atomic E-state index is 12.3. The van der Waals surface area contributed by atoms with Crippen LogP contribution in [-0.2, 0) is 4.74 Å². The smallest absolute Gasteiger partial charge is 0.359 e. The van der Waals surface area contributed by atoms with Crippen LogP contribution in [0.25, 0.3) is 10.6 Å². The third-order valence-electron chi connectivity index (χ3n) is 3.21. The molecule has 3 rings (SSSR count). The van der Waals surface area contributed by atoms with Crippen molar-refractivity contribution in [3.63, 3.8) is 0 Å². The first-order chi connectivity index (χ1) is 11.3. The Kier molecular flexibility index (Phi) is 4.51. The fourth-order valence-corrected chi connectivity index (χ4v) is 2.87. The van der Waals surface area contributed by atoms with Gasteiger partial charge in [0.1, 0.15) is 5.01 Å². The molecule has 0 unspecified atom stereocenters. The van der Waals surface area contributed by atoms with Crippen molar-refractivity contribution in [3.05, 3.63) is 77.3 Å². The number of carbonyl (C=O) groups excluding carboxylic acids is 1. The zero-order valence-electron chi connectivity index (χ0n) is 12.2. The molecule has 0 radical (unpaired) electrons. The summed E-state index contributed by atoms with van der Waals surface area (Å²) in [5.74, 6) is 1.97. The number of aromatic nitrogens is 1. The molecule has 0 aliphatic heterocycles. The number of hydrogen-bond acceptors (Lipinski definition) is 4. The summed E-state index contributed by atoms with van der Waals surface area (Å²) in [5, 5.41) is 2.46. The van der Waals surface area contributed by atoms with Gasteiger partial charge < -0.3 is 4.74 Å². The topological polar surface area (TPSA) is 39.2 Å². The van der Waals surface area contributed by atoms with Gasteiger partial charge in [-0.2, -0.15) is 0 Å². The average Bonchev–Trinajstić information content (AvgIpc) is 3.11. The summed E-state index contributed by atoms with van der Waals surface area (Å²) in [7, 11) is 0. The van der Waals surface area contributed by atoms with Crippen molar-refractivity contribution in [2.45, 2.75) is 6.10 Å². The Morgan fingerprint density at radius 2 is 1.74 bits per heavy atom. The largest absolute Gasteiger partial charge is 0.439 e. The van der Waals surface area contributed by atoms with Crippen molar-refractivity contribution in [3.8, 4) is 22.9 Å². The van der Waals surface area contributed by atoms with E-state index in [-0.39, 0.29) is 5.69 Å². The van der Waals surface area contributed by atoms with Crippen LogP contribution in [0.15, 0.2) is 66.0 Å². The second kappa shape index (κ2) is 6.91. The molecular formula is C19H13NO2S. The minimum absolute atomic E-state index is 0.269. The van der Waals surface area contributed by atoms with Crippen LogP contribution >= 0.6 is 11.3 Å². The van der Waals surface area contributed by atoms with Gasteiger partial charge in [-0.25, -0.2) is 9.78 Å². The minimum Gasteiger partial charge on any atom is -0.439 e. The van der Waals surface area contributed by atoms with Gasteiger partial charge in [0, 0.05) is 16.5 Å². The lowest BCUT2D eigenvalue weighted by Gasteiger charge is -2.11. The fraction of sp³-hybridized carbons (Fsp3) is 0.0526. The number of ether oxygens (including phenoxy) is 1. The van der Waals surface area contributed by atoms with Gasteiger partial charge in [0.05, 0.1) is 0 Å². The van der Waals surface area contributed by atoms with E-state index < -0.39 is 12.1 Å². The highest BCUT2D eigenvalue weighted by Crippen LogP contribution is 2.25. The quantitative estimate of drug-likeness (QED) is 0.530. The molecule has 112 valence electrons. The highest BCUT2D eigenvalue weighted by Gasteiger charge is 2.18. The molecule has 0 saturated heterocycles. The zero-order valence-corrected chi connectivity index (χ0v) is 13.0. The lowest BCUT2D eigenvalue weighted by Crippen LogP contribution is -2.10. The van der Waals surface area contributed by atoms with E-state index in [1.165, 1.54) is 11.3 Å². The Bertz CT molecular complexity index is 835. The Morgan fingerprint density at radius 3 is 2.39 bits per heavy atom. The third kappa shape index (κ3) is 3.47. The molecule has 3 nitrogen and oxygen atoms in total. The Morgan fingerprint density at radius 1 is 1.09 bits per heavy atom. The van der Waals surface area contributed by atoms with Crippen LogP contribution in [0, 0.1) is 12.3 Å². The van der Waals surface area contributed by atoms with E-state index in [2.05, 4.69) is 10.9 Å². The number of rotatable bonds is 4. The molecule has 23 heavy (non-hydrogen) atoms. The Hall–Kier alpha value is -2.90. The summed E-state index contributed by atoms with van der Waals surface area (Å²) >= 11 is 1.40. The standard InChI is InChI=1S/C19H13NO2S/c1-2-17(14-9-5-3-6-10-14)22-19(21)16-13-23-18(20-16)15-11-7-4-8-12-15/h1,3-13,17H/t17-/m0/s1. The van der Waals surface area contributed by atoms with E-state index in [0.29, 0.717) is 0 Å². The molecule has 0 amide bonds. The molecule has 3 aromatic rings. The van der Waals surface area contributed by atoms with Gasteiger partial charge in [0.15, 0.2) is 11.8 Å². The maximum Gasteiger partial charge on any atom is 0.359 e. The molecule has 0 aliphatic rings. The van der Waals surface area contributed by atoms with E-state index in [1.54, 1.807) is 5.38 Å². The first-order valence-electron chi connectivity index (χ1n) is 7.01. The fourth-order valence-electron chi connectivity index (χ4n) is 2.07. The minimum atomic E-state index is -0.717. The van der Waals surface area contributed by atoms with Gasteiger partial charge in [-0.15, -0.1) is 17.8 Å². The van der Waals surface area contributed by atoms with Crippen molar-refractivity contribution >= 4 is 17.3 Å². The number of carbonyl (C=O) groups is 1. The predicted octanol–water partition coefficient (Wildman–Crippen LogP) is 4.34. The molecule has 1 atom stereocenters. The van der Waals surface area contributed by atoms with Gasteiger partial charge in [0.25, 0.3) is 0 Å². The normalized spacial score (nSPS) is 11.4. The maximum atomic E-state index is 12.3. The highest BCUT2D eigenvalue weighted by atomic mass is 32.1. The highest BCUT2D eigenvalue weighted by molar-refractivity contribution is 7.13. The van der Waals surface area contributed by atoms with Crippen molar-refractivity contribution in [2.75, 3.05) is 0 Å². The molecule has 0 N–H and O–H groups in total. The molecule has 1 heterocycles. The molecule has 2 aromatic carbocycles. The molecule has 0 bridgehead atoms. The van der Waals surface area contributed by atoms with E-state index >= 15 is 0 Å². The van der Waals surface area contributed by atoms with Crippen LogP contribution in [0.5, 0.6) is 0 Å². The summed E-state index contributed by atoms with van der Waals surface area (Å²) in [6, 6.07) is 18.9. The number of nitrogens with zero attached hydrogens (tertiary/aromatic N) is 1. The first kappa shape index (κ1) is 15.0. The molecule has 4 heteroatoms. The van der Waals surface area contributed by atoms with Crippen LogP contribution in [0.2, 0.25) is 0 Å². The van der Waals surface area contributed by atoms with E-state index in [9.17, 15) is 4.79 Å². The van der Waals surface area contributed by atoms with Crippen LogP contribution in [-0.4, -0.2) is 11.0 Å². The number of thiazole rings is 1. The zero-order chi connectivity index (χ0) is 16.1. The molecular weight excluding hydrogens is 306 g/mol. The third-order valence-corrected chi connectivity index (χ3v) is 4.10. The van der Waals surface area contributed by atoms with E-state index in [1.807, 2.05) is 60.7 Å². The van der Waals surface area contributed by atoms with Crippen LogP contribution in [0.1, 0.15) is 22.2 Å². The lowest BCUT2D eigenvalue weighted by atomic mass is 10.1. The van der Waals surface area contributed by atoms with Crippen LogP contribution < -0.4 is 0 Å². The molecule has 0 fully saturated rings. The number of esters is 1. The van der Waals surface area contributed by atoms with Crippen molar-refractivity contribution in [1.29, 1.82) is 0 Å². The molecule has 1 aromatic heterocycles. The summed E-state index contributed by atoms with van der Waals surface area (Å²) in [4.78, 5) is 16.6. The molecule has 0 aliphatic carbocycles. The van der Waals surface area contributed by atoms with Gasteiger partial charge in [0.2, 0.25) is 0 Å². The second-order valence-corrected chi connectivity index (χ2v) is 5.62.